The minimum Gasteiger partial charge on any atom is -0.483 e. The normalized spacial score (nSPS) is 12.1. The summed E-state index contributed by atoms with van der Waals surface area (Å²) >= 11 is 13.1. The van der Waals surface area contributed by atoms with E-state index in [4.69, 9.17) is 37.4 Å². The number of halogens is 2. The minimum absolute atomic E-state index is 0.265. The number of anilines is 1. The SMILES string of the molecule is COC(CN(C)C(=O)Nc1nnc(C(C)Oc2ccc(Cl)c(Cl)c2)s1)OC. The number of nitrogens with zero attached hydrogens (tertiary/aromatic N) is 3. The molecule has 0 spiro atoms. The molecular formula is C16H20Cl2N4O4S. The molecule has 0 saturated carbocycles. The molecule has 2 amide bonds. The van der Waals surface area contributed by atoms with Crippen LogP contribution < -0.4 is 10.1 Å². The highest BCUT2D eigenvalue weighted by atomic mass is 35.5. The monoisotopic (exact) mass is 434 g/mol. The summed E-state index contributed by atoms with van der Waals surface area (Å²) in [7, 11) is 4.64. The van der Waals surface area contributed by atoms with Crippen LogP contribution in [0.3, 0.4) is 0 Å². The number of hydrogen-bond donors (Lipinski definition) is 1. The van der Waals surface area contributed by atoms with Crippen LogP contribution in [0.1, 0.15) is 18.0 Å². The molecule has 1 atom stereocenters. The van der Waals surface area contributed by atoms with Crippen molar-refractivity contribution >= 4 is 45.7 Å². The summed E-state index contributed by atoms with van der Waals surface area (Å²) in [6.07, 6.45) is -0.889. The molecule has 0 radical (unpaired) electrons. The third-order valence-corrected chi connectivity index (χ3v) is 5.24. The van der Waals surface area contributed by atoms with Gasteiger partial charge < -0.3 is 19.1 Å². The standard InChI is InChI=1S/C16H20Cl2N4O4S/c1-9(26-10-5-6-11(17)12(18)7-10)14-20-21-15(27-14)19-16(23)22(2)8-13(24-3)25-4/h5-7,9,13H,8H2,1-4H3,(H,19,21,23). The van der Waals surface area contributed by atoms with Crippen LogP contribution in [-0.2, 0) is 9.47 Å². The molecule has 1 heterocycles. The van der Waals surface area contributed by atoms with Gasteiger partial charge in [-0.05, 0) is 19.1 Å². The molecule has 0 saturated heterocycles. The summed E-state index contributed by atoms with van der Waals surface area (Å²) in [5.74, 6) is 0.558. The van der Waals surface area contributed by atoms with Crippen molar-refractivity contribution in [2.45, 2.75) is 19.3 Å². The van der Waals surface area contributed by atoms with Crippen molar-refractivity contribution in [1.82, 2.24) is 15.1 Å². The third-order valence-electron chi connectivity index (χ3n) is 3.50. The first kappa shape index (κ1) is 21.6. The Labute approximate surface area is 171 Å². The van der Waals surface area contributed by atoms with E-state index < -0.39 is 6.29 Å². The lowest BCUT2D eigenvalue weighted by atomic mass is 10.3. The first-order valence-corrected chi connectivity index (χ1v) is 9.44. The topological polar surface area (TPSA) is 85.8 Å². The van der Waals surface area contributed by atoms with E-state index in [2.05, 4.69) is 15.5 Å². The average molecular weight is 435 g/mol. The van der Waals surface area contributed by atoms with E-state index in [9.17, 15) is 4.79 Å². The Morgan fingerprint density at radius 2 is 1.96 bits per heavy atom. The van der Waals surface area contributed by atoms with E-state index in [1.54, 1.807) is 25.2 Å². The molecule has 1 aromatic carbocycles. The Morgan fingerprint density at radius 3 is 2.59 bits per heavy atom. The van der Waals surface area contributed by atoms with Gasteiger partial charge in [0.25, 0.3) is 0 Å². The van der Waals surface area contributed by atoms with Crippen molar-refractivity contribution in [3.05, 3.63) is 33.3 Å². The third kappa shape index (κ3) is 6.18. The summed E-state index contributed by atoms with van der Waals surface area (Å²) < 4.78 is 15.9. The maximum Gasteiger partial charge on any atom is 0.323 e. The molecule has 11 heteroatoms. The molecule has 0 aliphatic rings. The largest absolute Gasteiger partial charge is 0.483 e. The second kappa shape index (κ2) is 10.0. The molecule has 0 bridgehead atoms. The summed E-state index contributed by atoms with van der Waals surface area (Å²) in [5, 5.41) is 12.5. The number of carbonyl (C=O) groups excluding carboxylic acids is 1. The van der Waals surface area contributed by atoms with Gasteiger partial charge in [-0.1, -0.05) is 34.5 Å². The number of nitrogens with one attached hydrogen (secondary N) is 1. The van der Waals surface area contributed by atoms with Crippen LogP contribution in [0.4, 0.5) is 9.93 Å². The molecule has 148 valence electrons. The van der Waals surface area contributed by atoms with Gasteiger partial charge in [0, 0.05) is 27.3 Å². The van der Waals surface area contributed by atoms with E-state index >= 15 is 0 Å². The Kier molecular flexibility index (Phi) is 8.06. The number of likely N-dealkylation sites (N-methyl/N-ethyl adjacent to an activating group) is 1. The molecule has 1 unspecified atom stereocenters. The maximum absolute atomic E-state index is 12.2. The fraction of sp³-hybridized carbons (Fsp3) is 0.438. The van der Waals surface area contributed by atoms with Gasteiger partial charge in [0.15, 0.2) is 11.3 Å². The van der Waals surface area contributed by atoms with Crippen molar-refractivity contribution in [3.63, 3.8) is 0 Å². The van der Waals surface area contributed by atoms with Gasteiger partial charge in [-0.25, -0.2) is 4.79 Å². The second-order valence-corrected chi connectivity index (χ2v) is 7.32. The predicted octanol–water partition coefficient (Wildman–Crippen LogP) is 4.07. The second-order valence-electron chi connectivity index (χ2n) is 5.49. The zero-order valence-electron chi connectivity index (χ0n) is 15.2. The van der Waals surface area contributed by atoms with E-state index in [0.29, 0.717) is 25.9 Å². The first-order chi connectivity index (χ1) is 12.8. The molecule has 0 aliphatic heterocycles. The molecule has 8 nitrogen and oxygen atoms in total. The van der Waals surface area contributed by atoms with E-state index in [1.165, 1.54) is 30.5 Å². The lowest BCUT2D eigenvalue weighted by molar-refractivity contribution is -0.108. The molecular weight excluding hydrogens is 415 g/mol. The maximum atomic E-state index is 12.2. The first-order valence-electron chi connectivity index (χ1n) is 7.86. The van der Waals surface area contributed by atoms with Gasteiger partial charge in [-0.15, -0.1) is 10.2 Å². The summed E-state index contributed by atoms with van der Waals surface area (Å²) in [5.41, 5.74) is 0. The Morgan fingerprint density at radius 1 is 1.26 bits per heavy atom. The Balaban J connectivity index is 1.94. The molecule has 27 heavy (non-hydrogen) atoms. The zero-order chi connectivity index (χ0) is 20.0. The number of ether oxygens (including phenoxy) is 3. The Hall–Kier alpha value is -1.65. The van der Waals surface area contributed by atoms with Crippen molar-refractivity contribution in [2.24, 2.45) is 0 Å². The van der Waals surface area contributed by atoms with Crippen LogP contribution in [-0.4, -0.2) is 55.2 Å². The molecule has 1 N–H and O–H groups in total. The van der Waals surface area contributed by atoms with E-state index in [-0.39, 0.29) is 18.7 Å². The van der Waals surface area contributed by atoms with Crippen LogP contribution in [0, 0.1) is 0 Å². The number of amides is 2. The summed E-state index contributed by atoms with van der Waals surface area (Å²) in [4.78, 5) is 13.6. The number of urea groups is 1. The number of aromatic nitrogens is 2. The lowest BCUT2D eigenvalue weighted by Crippen LogP contribution is -2.38. The van der Waals surface area contributed by atoms with Gasteiger partial charge >= 0.3 is 6.03 Å². The highest BCUT2D eigenvalue weighted by molar-refractivity contribution is 7.15. The van der Waals surface area contributed by atoms with Crippen molar-refractivity contribution in [2.75, 3.05) is 33.1 Å². The number of rotatable bonds is 8. The molecule has 0 aliphatic carbocycles. The van der Waals surface area contributed by atoms with Gasteiger partial charge in [0.1, 0.15) is 11.9 Å². The van der Waals surface area contributed by atoms with Gasteiger partial charge in [-0.3, -0.25) is 5.32 Å². The molecule has 1 aromatic heterocycles. The highest BCUT2D eigenvalue weighted by Gasteiger charge is 2.19. The molecule has 2 aromatic rings. The molecule has 2 rings (SSSR count). The average Bonchev–Trinajstić information content (AvgIpc) is 3.11. The minimum atomic E-state index is -0.509. The number of carbonyl (C=O) groups is 1. The Bertz CT molecular complexity index is 773. The van der Waals surface area contributed by atoms with Crippen molar-refractivity contribution in [1.29, 1.82) is 0 Å². The number of hydrogen-bond acceptors (Lipinski definition) is 7. The van der Waals surface area contributed by atoms with Crippen LogP contribution in [0.15, 0.2) is 18.2 Å². The van der Waals surface area contributed by atoms with Crippen LogP contribution in [0.5, 0.6) is 5.75 Å². The predicted molar refractivity (Wildman–Crippen MR) is 105 cm³/mol. The quantitative estimate of drug-likeness (QED) is 0.630. The smallest absolute Gasteiger partial charge is 0.323 e. The van der Waals surface area contributed by atoms with Crippen molar-refractivity contribution < 1.29 is 19.0 Å². The fourth-order valence-electron chi connectivity index (χ4n) is 1.99. The summed E-state index contributed by atoms with van der Waals surface area (Å²) in [6.45, 7) is 2.09. The molecule has 0 fully saturated rings. The van der Waals surface area contributed by atoms with Gasteiger partial charge in [0.2, 0.25) is 5.13 Å². The number of methoxy groups -OCH3 is 2. The van der Waals surface area contributed by atoms with E-state index in [1.807, 2.05) is 6.92 Å². The fourth-order valence-corrected chi connectivity index (χ4v) is 2.99. The lowest BCUT2D eigenvalue weighted by Gasteiger charge is -2.21. The van der Waals surface area contributed by atoms with Crippen LogP contribution in [0.25, 0.3) is 0 Å². The van der Waals surface area contributed by atoms with Gasteiger partial charge in [-0.2, -0.15) is 0 Å². The summed E-state index contributed by atoms with van der Waals surface area (Å²) in [6, 6.07) is 4.64. The van der Waals surface area contributed by atoms with Gasteiger partial charge in [0.05, 0.1) is 16.6 Å². The van der Waals surface area contributed by atoms with Crippen LogP contribution >= 0.6 is 34.5 Å². The highest BCUT2D eigenvalue weighted by Crippen LogP contribution is 2.30. The number of benzene rings is 1. The van der Waals surface area contributed by atoms with Crippen molar-refractivity contribution in [3.8, 4) is 5.75 Å². The zero-order valence-corrected chi connectivity index (χ0v) is 17.6. The van der Waals surface area contributed by atoms with Crippen LogP contribution in [0.2, 0.25) is 10.0 Å². The van der Waals surface area contributed by atoms with E-state index in [0.717, 1.165) is 0 Å².